The molecule has 1 fully saturated rings. The first kappa shape index (κ1) is 17.5. The Bertz CT molecular complexity index is 549. The van der Waals surface area contributed by atoms with E-state index in [0.29, 0.717) is 6.54 Å². The summed E-state index contributed by atoms with van der Waals surface area (Å²) in [7, 11) is 0. The van der Waals surface area contributed by atoms with Crippen LogP contribution in [0.15, 0.2) is 18.2 Å². The molecule has 2 amide bonds. The standard InChI is InChI=1S/C18H26N2O3/c1-3-12-7-5-8-13(4-2)16(12)20-18(23)17(22)19-11-14-9-6-10-15(14)21/h5,7-8,14-15,21H,3-4,6,9-11H2,1-2H3,(H,19,22)(H,20,23). The Morgan fingerprint density at radius 3 is 2.30 bits per heavy atom. The molecular weight excluding hydrogens is 292 g/mol. The number of aliphatic hydroxyl groups is 1. The lowest BCUT2D eigenvalue weighted by atomic mass is 10.0. The van der Waals surface area contributed by atoms with E-state index >= 15 is 0 Å². The summed E-state index contributed by atoms with van der Waals surface area (Å²) in [6.07, 6.45) is 3.85. The molecule has 1 aromatic rings. The van der Waals surface area contributed by atoms with Crippen LogP contribution in [0.5, 0.6) is 0 Å². The van der Waals surface area contributed by atoms with Crippen molar-refractivity contribution in [3.63, 3.8) is 0 Å². The van der Waals surface area contributed by atoms with Gasteiger partial charge in [-0.2, -0.15) is 0 Å². The molecule has 1 saturated carbocycles. The monoisotopic (exact) mass is 318 g/mol. The van der Waals surface area contributed by atoms with Crippen molar-refractivity contribution in [2.45, 2.75) is 52.1 Å². The number of benzene rings is 1. The molecule has 0 bridgehead atoms. The molecule has 1 aliphatic carbocycles. The van der Waals surface area contributed by atoms with Crippen molar-refractivity contribution in [1.82, 2.24) is 5.32 Å². The zero-order valence-electron chi connectivity index (χ0n) is 13.9. The zero-order chi connectivity index (χ0) is 16.8. The van der Waals surface area contributed by atoms with E-state index in [9.17, 15) is 14.7 Å². The van der Waals surface area contributed by atoms with Gasteiger partial charge in [0.15, 0.2) is 0 Å². The number of anilines is 1. The molecule has 2 atom stereocenters. The number of para-hydroxylation sites is 1. The zero-order valence-corrected chi connectivity index (χ0v) is 13.9. The van der Waals surface area contributed by atoms with Crippen molar-refractivity contribution in [3.05, 3.63) is 29.3 Å². The molecule has 1 aromatic carbocycles. The molecule has 3 N–H and O–H groups in total. The van der Waals surface area contributed by atoms with Crippen molar-refractivity contribution in [2.75, 3.05) is 11.9 Å². The highest BCUT2D eigenvalue weighted by Crippen LogP contribution is 2.25. The summed E-state index contributed by atoms with van der Waals surface area (Å²) in [5.41, 5.74) is 2.80. The molecule has 2 unspecified atom stereocenters. The molecule has 0 saturated heterocycles. The van der Waals surface area contributed by atoms with Crippen LogP contribution < -0.4 is 10.6 Å². The minimum atomic E-state index is -0.645. The second-order valence-electron chi connectivity index (χ2n) is 6.08. The summed E-state index contributed by atoms with van der Waals surface area (Å²) in [5, 5.41) is 15.2. The average molecular weight is 318 g/mol. The van der Waals surface area contributed by atoms with Crippen LogP contribution in [0, 0.1) is 5.92 Å². The lowest BCUT2D eigenvalue weighted by Crippen LogP contribution is -2.39. The Morgan fingerprint density at radius 2 is 1.78 bits per heavy atom. The second-order valence-corrected chi connectivity index (χ2v) is 6.08. The van der Waals surface area contributed by atoms with Crippen LogP contribution in [0.1, 0.15) is 44.2 Å². The number of amides is 2. The summed E-state index contributed by atoms with van der Waals surface area (Å²) in [6, 6.07) is 5.89. The van der Waals surface area contributed by atoms with Gasteiger partial charge >= 0.3 is 11.8 Å². The Balaban J connectivity index is 1.97. The number of aryl methyl sites for hydroxylation is 2. The third kappa shape index (κ3) is 4.32. The van der Waals surface area contributed by atoms with Gasteiger partial charge in [-0.3, -0.25) is 9.59 Å². The fourth-order valence-electron chi connectivity index (χ4n) is 3.13. The molecule has 2 rings (SSSR count). The van der Waals surface area contributed by atoms with E-state index in [0.717, 1.165) is 48.9 Å². The number of carbonyl (C=O) groups is 2. The largest absolute Gasteiger partial charge is 0.393 e. The third-order valence-electron chi connectivity index (χ3n) is 4.59. The maximum absolute atomic E-state index is 12.1. The highest BCUT2D eigenvalue weighted by molar-refractivity contribution is 6.39. The highest BCUT2D eigenvalue weighted by Gasteiger charge is 2.26. The summed E-state index contributed by atoms with van der Waals surface area (Å²) in [6.45, 7) is 4.39. The van der Waals surface area contributed by atoms with Crippen molar-refractivity contribution in [1.29, 1.82) is 0 Å². The molecular formula is C18H26N2O3. The summed E-state index contributed by atoms with van der Waals surface area (Å²) < 4.78 is 0. The Hall–Kier alpha value is -1.88. The Labute approximate surface area is 137 Å². The number of aliphatic hydroxyl groups excluding tert-OH is 1. The number of hydrogen-bond acceptors (Lipinski definition) is 3. The molecule has 0 heterocycles. The molecule has 0 aromatic heterocycles. The van der Waals surface area contributed by atoms with Crippen LogP contribution in [0.3, 0.4) is 0 Å². The van der Waals surface area contributed by atoms with E-state index in [1.807, 2.05) is 32.0 Å². The maximum Gasteiger partial charge on any atom is 0.313 e. The normalized spacial score (nSPS) is 20.3. The van der Waals surface area contributed by atoms with Gasteiger partial charge in [-0.15, -0.1) is 0 Å². The van der Waals surface area contributed by atoms with Gasteiger partial charge in [-0.1, -0.05) is 38.5 Å². The quantitative estimate of drug-likeness (QED) is 0.727. The van der Waals surface area contributed by atoms with Crippen LogP contribution in [0.2, 0.25) is 0 Å². The molecule has 0 spiro atoms. The fourth-order valence-corrected chi connectivity index (χ4v) is 3.13. The highest BCUT2D eigenvalue weighted by atomic mass is 16.3. The van der Waals surface area contributed by atoms with E-state index < -0.39 is 11.8 Å². The smallest absolute Gasteiger partial charge is 0.313 e. The van der Waals surface area contributed by atoms with Gasteiger partial charge in [0.25, 0.3) is 0 Å². The first-order chi connectivity index (χ1) is 11.1. The van der Waals surface area contributed by atoms with Crippen LogP contribution in [-0.2, 0) is 22.4 Å². The van der Waals surface area contributed by atoms with Crippen LogP contribution in [0.4, 0.5) is 5.69 Å². The first-order valence-electron chi connectivity index (χ1n) is 8.44. The van der Waals surface area contributed by atoms with Crippen LogP contribution in [-0.4, -0.2) is 29.6 Å². The minimum absolute atomic E-state index is 0.0564. The molecule has 0 radical (unpaired) electrons. The van der Waals surface area contributed by atoms with Gasteiger partial charge < -0.3 is 15.7 Å². The fraction of sp³-hybridized carbons (Fsp3) is 0.556. The summed E-state index contributed by atoms with van der Waals surface area (Å²) in [5.74, 6) is -1.23. The maximum atomic E-state index is 12.1. The summed E-state index contributed by atoms with van der Waals surface area (Å²) in [4.78, 5) is 24.2. The number of carbonyl (C=O) groups excluding carboxylic acids is 2. The van der Waals surface area contributed by atoms with Gasteiger partial charge in [0.1, 0.15) is 0 Å². The summed E-state index contributed by atoms with van der Waals surface area (Å²) >= 11 is 0. The second kappa shape index (κ2) is 8.11. The molecule has 5 nitrogen and oxygen atoms in total. The lowest BCUT2D eigenvalue weighted by Gasteiger charge is -2.16. The minimum Gasteiger partial charge on any atom is -0.393 e. The Morgan fingerprint density at radius 1 is 1.13 bits per heavy atom. The first-order valence-corrected chi connectivity index (χ1v) is 8.44. The molecule has 0 aliphatic heterocycles. The average Bonchev–Trinajstić information content (AvgIpc) is 2.97. The van der Waals surface area contributed by atoms with Crippen molar-refractivity contribution in [2.24, 2.45) is 5.92 Å². The van der Waals surface area contributed by atoms with E-state index in [1.54, 1.807) is 0 Å². The van der Waals surface area contributed by atoms with E-state index in [1.165, 1.54) is 0 Å². The lowest BCUT2D eigenvalue weighted by molar-refractivity contribution is -0.136. The van der Waals surface area contributed by atoms with E-state index in [4.69, 9.17) is 0 Å². The molecule has 1 aliphatic rings. The molecule has 23 heavy (non-hydrogen) atoms. The van der Waals surface area contributed by atoms with Gasteiger partial charge in [0.05, 0.1) is 6.10 Å². The van der Waals surface area contributed by atoms with Crippen molar-refractivity contribution >= 4 is 17.5 Å². The number of rotatable bonds is 5. The van der Waals surface area contributed by atoms with Crippen molar-refractivity contribution in [3.8, 4) is 0 Å². The molecule has 5 heteroatoms. The van der Waals surface area contributed by atoms with Gasteiger partial charge in [-0.05, 0) is 36.8 Å². The van der Waals surface area contributed by atoms with Gasteiger partial charge in [0.2, 0.25) is 0 Å². The number of nitrogens with one attached hydrogen (secondary N) is 2. The van der Waals surface area contributed by atoms with Gasteiger partial charge in [-0.25, -0.2) is 0 Å². The number of hydrogen-bond donors (Lipinski definition) is 3. The van der Waals surface area contributed by atoms with Crippen molar-refractivity contribution < 1.29 is 14.7 Å². The predicted molar refractivity (Wildman–Crippen MR) is 90.2 cm³/mol. The van der Waals surface area contributed by atoms with Crippen LogP contribution >= 0.6 is 0 Å². The molecule has 126 valence electrons. The van der Waals surface area contributed by atoms with Crippen LogP contribution in [0.25, 0.3) is 0 Å². The topological polar surface area (TPSA) is 78.4 Å². The van der Waals surface area contributed by atoms with Gasteiger partial charge in [0, 0.05) is 18.2 Å². The van der Waals surface area contributed by atoms with E-state index in [-0.39, 0.29) is 12.0 Å². The predicted octanol–water partition coefficient (Wildman–Crippen LogP) is 2.03. The third-order valence-corrected chi connectivity index (χ3v) is 4.59. The Kier molecular flexibility index (Phi) is 6.16. The van der Waals surface area contributed by atoms with E-state index in [2.05, 4.69) is 10.6 Å². The SMILES string of the molecule is CCc1cccc(CC)c1NC(=O)C(=O)NCC1CCCC1O.